The minimum atomic E-state index is -3.28. The average molecular weight is 413 g/mol. The molecule has 1 N–H and O–H groups in total. The van der Waals surface area contributed by atoms with Gasteiger partial charge in [0.2, 0.25) is 15.9 Å². The zero-order valence-electron chi connectivity index (χ0n) is 16.6. The summed E-state index contributed by atoms with van der Waals surface area (Å²) >= 11 is 0. The zero-order chi connectivity index (χ0) is 20.7. The summed E-state index contributed by atoms with van der Waals surface area (Å²) in [4.78, 5) is 25.5. The SMILES string of the molecule is COc1cc(C(C)=O)ccc1OCCCC(=O)N1CCC[C@H](NS(C)(=O)=O)C1. The third-order valence-electron chi connectivity index (χ3n) is 4.52. The lowest BCUT2D eigenvalue weighted by Crippen LogP contribution is -2.49. The standard InChI is InChI=1S/C19H28N2O6S/c1-14(22)15-8-9-17(18(12-15)26-2)27-11-5-7-19(23)21-10-4-6-16(13-21)20-28(3,24)25/h8-9,12,16,20H,4-7,10-11,13H2,1-3H3/t16-/m0/s1. The van der Waals surface area contributed by atoms with Crippen molar-refractivity contribution in [3.8, 4) is 11.5 Å². The van der Waals surface area contributed by atoms with E-state index in [0.29, 0.717) is 49.6 Å². The van der Waals surface area contributed by atoms with Gasteiger partial charge < -0.3 is 14.4 Å². The van der Waals surface area contributed by atoms with Gasteiger partial charge in [0.1, 0.15) is 0 Å². The maximum atomic E-state index is 12.4. The van der Waals surface area contributed by atoms with Gasteiger partial charge in [0.15, 0.2) is 17.3 Å². The quantitative estimate of drug-likeness (QED) is 0.488. The average Bonchev–Trinajstić information content (AvgIpc) is 2.63. The topological polar surface area (TPSA) is 102 Å². The molecule has 1 amide bonds. The fourth-order valence-electron chi connectivity index (χ4n) is 3.17. The number of hydrogen-bond acceptors (Lipinski definition) is 6. The van der Waals surface area contributed by atoms with E-state index in [2.05, 4.69) is 4.72 Å². The van der Waals surface area contributed by atoms with Crippen LogP contribution in [0.2, 0.25) is 0 Å². The molecule has 0 aliphatic carbocycles. The van der Waals surface area contributed by atoms with Gasteiger partial charge in [-0.3, -0.25) is 9.59 Å². The van der Waals surface area contributed by atoms with E-state index in [1.165, 1.54) is 14.0 Å². The molecule has 1 heterocycles. The first kappa shape index (κ1) is 22.2. The number of hydrogen-bond donors (Lipinski definition) is 1. The molecule has 156 valence electrons. The Balaban J connectivity index is 1.80. The monoisotopic (exact) mass is 412 g/mol. The molecule has 0 bridgehead atoms. The van der Waals surface area contributed by atoms with Crippen LogP contribution in [-0.4, -0.2) is 64.1 Å². The number of nitrogens with zero attached hydrogens (tertiary/aromatic N) is 1. The maximum Gasteiger partial charge on any atom is 0.222 e. The smallest absolute Gasteiger partial charge is 0.222 e. The number of Topliss-reactive ketones (excluding diaryl/α,β-unsaturated/α-hetero) is 1. The number of benzene rings is 1. The molecule has 8 nitrogen and oxygen atoms in total. The minimum absolute atomic E-state index is 0.0116. The van der Waals surface area contributed by atoms with Crippen LogP contribution in [0.4, 0.5) is 0 Å². The highest BCUT2D eigenvalue weighted by Crippen LogP contribution is 2.28. The lowest BCUT2D eigenvalue weighted by atomic mass is 10.1. The highest BCUT2D eigenvalue weighted by atomic mass is 32.2. The van der Waals surface area contributed by atoms with Crippen LogP contribution in [0.1, 0.15) is 43.0 Å². The number of sulfonamides is 1. The van der Waals surface area contributed by atoms with Crippen molar-refractivity contribution in [2.45, 2.75) is 38.6 Å². The third-order valence-corrected chi connectivity index (χ3v) is 5.28. The van der Waals surface area contributed by atoms with Gasteiger partial charge in [-0.15, -0.1) is 0 Å². The maximum absolute atomic E-state index is 12.4. The summed E-state index contributed by atoms with van der Waals surface area (Å²) in [6.07, 6.45) is 3.48. The second-order valence-electron chi connectivity index (χ2n) is 6.94. The highest BCUT2D eigenvalue weighted by molar-refractivity contribution is 7.88. The molecular formula is C19H28N2O6S. The summed E-state index contributed by atoms with van der Waals surface area (Å²) in [5.74, 6) is 0.934. The summed E-state index contributed by atoms with van der Waals surface area (Å²) in [5, 5.41) is 0. The number of ketones is 1. The van der Waals surface area contributed by atoms with Gasteiger partial charge in [0.25, 0.3) is 0 Å². The lowest BCUT2D eigenvalue weighted by Gasteiger charge is -2.32. The number of ether oxygens (including phenoxy) is 2. The van der Waals surface area contributed by atoms with E-state index >= 15 is 0 Å². The van der Waals surface area contributed by atoms with Crippen molar-refractivity contribution in [2.24, 2.45) is 0 Å². The van der Waals surface area contributed by atoms with Crippen LogP contribution in [-0.2, 0) is 14.8 Å². The molecule has 0 aromatic heterocycles. The van der Waals surface area contributed by atoms with Crippen LogP contribution in [0, 0.1) is 0 Å². The first-order valence-electron chi connectivity index (χ1n) is 9.26. The Morgan fingerprint density at radius 1 is 1.29 bits per heavy atom. The Morgan fingerprint density at radius 3 is 2.68 bits per heavy atom. The second-order valence-corrected chi connectivity index (χ2v) is 8.72. The Morgan fingerprint density at radius 2 is 2.04 bits per heavy atom. The van der Waals surface area contributed by atoms with Gasteiger partial charge >= 0.3 is 0 Å². The summed E-state index contributed by atoms with van der Waals surface area (Å²) < 4.78 is 36.3. The molecule has 0 radical (unpaired) electrons. The molecule has 1 aliphatic heterocycles. The lowest BCUT2D eigenvalue weighted by molar-refractivity contribution is -0.132. The molecule has 2 rings (SSSR count). The van der Waals surface area contributed by atoms with Crippen molar-refractivity contribution in [3.63, 3.8) is 0 Å². The molecule has 1 aromatic carbocycles. The number of likely N-dealkylation sites (tertiary alicyclic amines) is 1. The van der Waals surface area contributed by atoms with Crippen molar-refractivity contribution in [1.82, 2.24) is 9.62 Å². The van der Waals surface area contributed by atoms with Crippen LogP contribution in [0.3, 0.4) is 0 Å². The van der Waals surface area contributed by atoms with E-state index in [1.54, 1.807) is 23.1 Å². The van der Waals surface area contributed by atoms with E-state index in [0.717, 1.165) is 19.1 Å². The summed E-state index contributed by atoms with van der Waals surface area (Å²) in [7, 11) is -1.77. The van der Waals surface area contributed by atoms with E-state index in [4.69, 9.17) is 9.47 Å². The summed E-state index contributed by atoms with van der Waals surface area (Å²) in [6.45, 7) is 2.85. The fraction of sp³-hybridized carbons (Fsp3) is 0.579. The van der Waals surface area contributed by atoms with E-state index in [9.17, 15) is 18.0 Å². The highest BCUT2D eigenvalue weighted by Gasteiger charge is 2.25. The normalized spacial score (nSPS) is 17.2. The Bertz CT molecular complexity index is 809. The molecule has 9 heteroatoms. The number of rotatable bonds is 9. The van der Waals surface area contributed by atoms with Crippen molar-refractivity contribution < 1.29 is 27.5 Å². The third kappa shape index (κ3) is 6.79. The van der Waals surface area contributed by atoms with Gasteiger partial charge in [-0.1, -0.05) is 0 Å². The van der Waals surface area contributed by atoms with Crippen LogP contribution in [0.15, 0.2) is 18.2 Å². The van der Waals surface area contributed by atoms with Gasteiger partial charge in [0.05, 0.1) is 20.0 Å². The molecule has 28 heavy (non-hydrogen) atoms. The molecule has 0 unspecified atom stereocenters. The molecule has 0 saturated carbocycles. The van der Waals surface area contributed by atoms with Crippen LogP contribution >= 0.6 is 0 Å². The predicted octanol–water partition coefficient (Wildman–Crippen LogP) is 1.60. The first-order valence-corrected chi connectivity index (χ1v) is 11.2. The number of carbonyl (C=O) groups is 2. The van der Waals surface area contributed by atoms with Gasteiger partial charge in [-0.05, 0) is 44.4 Å². The van der Waals surface area contributed by atoms with Gasteiger partial charge in [-0.25, -0.2) is 13.1 Å². The Kier molecular flexibility index (Phi) is 7.82. The first-order chi connectivity index (χ1) is 13.2. The van der Waals surface area contributed by atoms with E-state index in [-0.39, 0.29) is 17.7 Å². The number of nitrogens with one attached hydrogen (secondary N) is 1. The Hall–Kier alpha value is -2.13. The van der Waals surface area contributed by atoms with E-state index in [1.807, 2.05) is 0 Å². The molecular weight excluding hydrogens is 384 g/mol. The van der Waals surface area contributed by atoms with Gasteiger partial charge in [0, 0.05) is 31.1 Å². The molecule has 1 saturated heterocycles. The second kappa shape index (κ2) is 9.88. The van der Waals surface area contributed by atoms with E-state index < -0.39 is 10.0 Å². The Labute approximate surface area is 166 Å². The summed E-state index contributed by atoms with van der Waals surface area (Å²) in [5.41, 5.74) is 0.543. The van der Waals surface area contributed by atoms with Crippen molar-refractivity contribution >= 4 is 21.7 Å². The largest absolute Gasteiger partial charge is 0.493 e. The molecule has 1 aromatic rings. The molecule has 1 atom stereocenters. The van der Waals surface area contributed by atoms with Crippen molar-refractivity contribution in [3.05, 3.63) is 23.8 Å². The summed E-state index contributed by atoms with van der Waals surface area (Å²) in [6, 6.07) is 4.76. The molecule has 1 fully saturated rings. The van der Waals surface area contributed by atoms with Crippen LogP contribution in [0.25, 0.3) is 0 Å². The van der Waals surface area contributed by atoms with Crippen LogP contribution in [0.5, 0.6) is 11.5 Å². The zero-order valence-corrected chi connectivity index (χ0v) is 17.4. The predicted molar refractivity (Wildman–Crippen MR) is 105 cm³/mol. The number of carbonyl (C=O) groups excluding carboxylic acids is 2. The minimum Gasteiger partial charge on any atom is -0.493 e. The van der Waals surface area contributed by atoms with Crippen LogP contribution < -0.4 is 14.2 Å². The molecule has 1 aliphatic rings. The fourth-order valence-corrected chi connectivity index (χ4v) is 3.97. The van der Waals surface area contributed by atoms with Crippen molar-refractivity contribution in [2.75, 3.05) is 33.1 Å². The van der Waals surface area contributed by atoms with Gasteiger partial charge in [-0.2, -0.15) is 0 Å². The molecule has 0 spiro atoms. The number of amides is 1. The number of methoxy groups -OCH3 is 1. The number of piperidine rings is 1. The van der Waals surface area contributed by atoms with Crippen molar-refractivity contribution in [1.29, 1.82) is 0 Å².